The summed E-state index contributed by atoms with van der Waals surface area (Å²) in [6.45, 7) is 2.67. The molecule has 0 spiro atoms. The fourth-order valence-corrected chi connectivity index (χ4v) is 2.65. The quantitative estimate of drug-likeness (QED) is 0.606. The molecule has 0 aromatic carbocycles. The molecular weight excluding hydrogens is 122 g/mol. The third-order valence-corrected chi connectivity index (χ3v) is 3.62. The predicted octanol–water partition coefficient (Wildman–Crippen LogP) is 1.40. The second-order valence-corrected chi connectivity index (χ2v) is 4.54. The molecule has 56 valence electrons. The summed E-state index contributed by atoms with van der Waals surface area (Å²) >= 11 is 0. The third kappa shape index (κ3) is 0.672. The van der Waals surface area contributed by atoms with Gasteiger partial charge in [0.25, 0.3) is 0 Å². The van der Waals surface area contributed by atoms with Crippen LogP contribution in [0.4, 0.5) is 0 Å². The van der Waals surface area contributed by atoms with Gasteiger partial charge in [-0.25, -0.2) is 0 Å². The topological polar surface area (TPSA) is 12.0 Å². The van der Waals surface area contributed by atoms with E-state index < -0.39 is 0 Å². The Hall–Kier alpha value is -0.0400. The van der Waals surface area contributed by atoms with Crippen molar-refractivity contribution in [2.75, 3.05) is 13.1 Å². The number of rotatable bonds is 2. The van der Waals surface area contributed by atoms with Gasteiger partial charge < -0.3 is 5.32 Å². The number of hydrogen-bond donors (Lipinski definition) is 1. The van der Waals surface area contributed by atoms with Crippen LogP contribution in [0.5, 0.6) is 0 Å². The Kier molecular flexibility index (Phi) is 0.883. The first-order valence-electron chi connectivity index (χ1n) is 4.60. The maximum atomic E-state index is 3.50. The summed E-state index contributed by atoms with van der Waals surface area (Å²) in [5.41, 5.74) is 0.834. The minimum absolute atomic E-state index is 0.834. The SMILES string of the molecule is C1CC1CC12CNCC1C2. The molecule has 0 aromatic rings. The maximum absolute atomic E-state index is 3.50. The highest BCUT2D eigenvalue weighted by Crippen LogP contribution is 2.61. The highest BCUT2D eigenvalue weighted by Gasteiger charge is 2.58. The van der Waals surface area contributed by atoms with Crippen LogP contribution in [-0.2, 0) is 0 Å². The number of piperidine rings is 1. The van der Waals surface area contributed by atoms with Crippen LogP contribution in [0.3, 0.4) is 0 Å². The van der Waals surface area contributed by atoms with Crippen molar-refractivity contribution in [3.8, 4) is 0 Å². The molecule has 3 aliphatic rings. The van der Waals surface area contributed by atoms with Crippen LogP contribution in [0.15, 0.2) is 0 Å². The van der Waals surface area contributed by atoms with Crippen LogP contribution >= 0.6 is 0 Å². The summed E-state index contributed by atoms with van der Waals surface area (Å²) < 4.78 is 0. The van der Waals surface area contributed by atoms with Crippen LogP contribution < -0.4 is 5.32 Å². The van der Waals surface area contributed by atoms with Gasteiger partial charge in [-0.05, 0) is 36.6 Å². The van der Waals surface area contributed by atoms with Crippen LogP contribution in [0.2, 0.25) is 0 Å². The van der Waals surface area contributed by atoms with Crippen molar-refractivity contribution in [2.45, 2.75) is 25.7 Å². The molecule has 2 atom stereocenters. The highest BCUT2D eigenvalue weighted by molar-refractivity contribution is 5.10. The fourth-order valence-electron chi connectivity index (χ4n) is 2.65. The van der Waals surface area contributed by atoms with E-state index in [9.17, 15) is 0 Å². The summed E-state index contributed by atoms with van der Waals surface area (Å²) in [5.74, 6) is 2.23. The lowest BCUT2D eigenvalue weighted by Crippen LogP contribution is -2.16. The first kappa shape index (κ1) is 5.59. The second kappa shape index (κ2) is 1.58. The summed E-state index contributed by atoms with van der Waals surface area (Å²) in [6, 6.07) is 0. The van der Waals surface area contributed by atoms with Gasteiger partial charge in [-0.15, -0.1) is 0 Å². The molecule has 3 fully saturated rings. The zero-order valence-corrected chi connectivity index (χ0v) is 6.40. The first-order chi connectivity index (χ1) is 4.89. The number of fused-ring (bicyclic) bond motifs is 1. The van der Waals surface area contributed by atoms with E-state index in [2.05, 4.69) is 5.32 Å². The van der Waals surface area contributed by atoms with Gasteiger partial charge in [-0.2, -0.15) is 0 Å². The van der Waals surface area contributed by atoms with Crippen LogP contribution in [0.1, 0.15) is 25.7 Å². The van der Waals surface area contributed by atoms with Crippen molar-refractivity contribution < 1.29 is 0 Å². The monoisotopic (exact) mass is 137 g/mol. The van der Waals surface area contributed by atoms with E-state index in [4.69, 9.17) is 0 Å². The van der Waals surface area contributed by atoms with Crippen LogP contribution in [0, 0.1) is 17.3 Å². The third-order valence-electron chi connectivity index (χ3n) is 3.62. The summed E-state index contributed by atoms with van der Waals surface area (Å²) in [6.07, 6.45) is 6.18. The average Bonchev–Trinajstić information content (AvgIpc) is 2.80. The Labute approximate surface area is 62.2 Å². The molecule has 3 rings (SSSR count). The molecule has 2 unspecified atom stereocenters. The lowest BCUT2D eigenvalue weighted by atomic mass is 9.98. The van der Waals surface area contributed by atoms with Crippen molar-refractivity contribution in [3.05, 3.63) is 0 Å². The number of nitrogens with one attached hydrogen (secondary N) is 1. The molecule has 10 heavy (non-hydrogen) atoms. The van der Waals surface area contributed by atoms with Gasteiger partial charge in [-0.1, -0.05) is 12.8 Å². The first-order valence-corrected chi connectivity index (χ1v) is 4.60. The van der Waals surface area contributed by atoms with E-state index in [0.29, 0.717) is 0 Å². The second-order valence-electron chi connectivity index (χ2n) is 4.54. The van der Waals surface area contributed by atoms with Gasteiger partial charge >= 0.3 is 0 Å². The zero-order valence-electron chi connectivity index (χ0n) is 6.40. The Morgan fingerprint density at radius 1 is 1.40 bits per heavy atom. The highest BCUT2D eigenvalue weighted by atomic mass is 15.0. The normalized spacial score (nSPS) is 51.0. The molecule has 0 amide bonds. The van der Waals surface area contributed by atoms with Gasteiger partial charge in [0.1, 0.15) is 0 Å². The molecule has 0 aromatic heterocycles. The van der Waals surface area contributed by atoms with E-state index in [1.807, 2.05) is 0 Å². The molecule has 1 nitrogen and oxygen atoms in total. The fraction of sp³-hybridized carbons (Fsp3) is 1.00. The predicted molar refractivity (Wildman–Crippen MR) is 40.8 cm³/mol. The molecule has 1 heteroatoms. The summed E-state index contributed by atoms with van der Waals surface area (Å²) in [5, 5.41) is 3.50. The summed E-state index contributed by atoms with van der Waals surface area (Å²) in [7, 11) is 0. The van der Waals surface area contributed by atoms with E-state index >= 15 is 0 Å². The lowest BCUT2D eigenvalue weighted by molar-refractivity contribution is 0.440. The van der Waals surface area contributed by atoms with Crippen molar-refractivity contribution >= 4 is 0 Å². The Bertz CT molecular complexity index is 162. The molecule has 1 N–H and O–H groups in total. The molecule has 1 heterocycles. The molecule has 1 saturated heterocycles. The van der Waals surface area contributed by atoms with Crippen molar-refractivity contribution in [1.82, 2.24) is 5.32 Å². The molecule has 1 aliphatic heterocycles. The minimum atomic E-state index is 0.834. The van der Waals surface area contributed by atoms with E-state index in [1.165, 1.54) is 25.9 Å². The molecule has 0 radical (unpaired) electrons. The number of hydrogen-bond acceptors (Lipinski definition) is 1. The van der Waals surface area contributed by atoms with Crippen LogP contribution in [0.25, 0.3) is 0 Å². The van der Waals surface area contributed by atoms with Gasteiger partial charge in [0, 0.05) is 6.54 Å². The van der Waals surface area contributed by atoms with Gasteiger partial charge in [0.2, 0.25) is 0 Å². The lowest BCUT2D eigenvalue weighted by Gasteiger charge is -2.08. The van der Waals surface area contributed by atoms with Gasteiger partial charge in [-0.3, -0.25) is 0 Å². The molecule has 0 bridgehead atoms. The Morgan fingerprint density at radius 3 is 2.80 bits per heavy atom. The summed E-state index contributed by atoms with van der Waals surface area (Å²) in [4.78, 5) is 0. The smallest absolute Gasteiger partial charge is 0.00113 e. The van der Waals surface area contributed by atoms with Crippen molar-refractivity contribution in [2.24, 2.45) is 17.3 Å². The van der Waals surface area contributed by atoms with Gasteiger partial charge in [0.05, 0.1) is 0 Å². The maximum Gasteiger partial charge on any atom is 0.00113 e. The van der Waals surface area contributed by atoms with E-state index in [0.717, 1.165) is 17.3 Å². The largest absolute Gasteiger partial charge is 0.316 e. The van der Waals surface area contributed by atoms with Crippen molar-refractivity contribution in [3.63, 3.8) is 0 Å². The standard InChI is InChI=1S/C9H15N/c1-2-7(1)3-9-4-8(9)5-10-6-9/h7-8,10H,1-6H2. The molecule has 2 aliphatic carbocycles. The molecular formula is C9H15N. The minimum Gasteiger partial charge on any atom is -0.316 e. The van der Waals surface area contributed by atoms with Crippen LogP contribution in [-0.4, -0.2) is 13.1 Å². The Balaban J connectivity index is 1.68. The zero-order chi connectivity index (χ0) is 6.60. The average molecular weight is 137 g/mol. The Morgan fingerprint density at radius 2 is 2.30 bits per heavy atom. The van der Waals surface area contributed by atoms with Crippen molar-refractivity contribution in [1.29, 1.82) is 0 Å². The van der Waals surface area contributed by atoms with Gasteiger partial charge in [0.15, 0.2) is 0 Å². The van der Waals surface area contributed by atoms with E-state index in [-0.39, 0.29) is 0 Å². The van der Waals surface area contributed by atoms with E-state index in [1.54, 1.807) is 12.8 Å². The molecule has 2 saturated carbocycles.